The van der Waals surface area contributed by atoms with Gasteiger partial charge in [-0.3, -0.25) is 14.4 Å². The van der Waals surface area contributed by atoms with Gasteiger partial charge in [0.05, 0.1) is 5.56 Å². The van der Waals surface area contributed by atoms with Crippen LogP contribution in [0.2, 0.25) is 5.02 Å². The van der Waals surface area contributed by atoms with Gasteiger partial charge in [-0.15, -0.1) is 0 Å². The summed E-state index contributed by atoms with van der Waals surface area (Å²) in [6.07, 6.45) is -0.303. The molecule has 0 saturated heterocycles. The number of carbonyl (C=O) groups is 4. The molecule has 2 aromatic carbocycles. The van der Waals surface area contributed by atoms with Crippen LogP contribution in [-0.2, 0) is 20.8 Å². The van der Waals surface area contributed by atoms with Crippen LogP contribution in [0.15, 0.2) is 48.5 Å². The highest BCUT2D eigenvalue weighted by atomic mass is 35.5. The number of hydrogen-bond acceptors (Lipinski definition) is 6. The van der Waals surface area contributed by atoms with E-state index >= 15 is 0 Å². The molecule has 0 aliphatic heterocycles. The average Bonchev–Trinajstić information content (AvgIpc) is 2.80. The molecule has 2 aromatic rings. The van der Waals surface area contributed by atoms with Crippen LogP contribution in [0.1, 0.15) is 35.7 Å². The second-order valence-corrected chi connectivity index (χ2v) is 8.49. The van der Waals surface area contributed by atoms with Crippen molar-refractivity contribution in [2.75, 3.05) is 6.61 Å². The molecule has 0 spiro atoms. The maximum atomic E-state index is 13.0. The zero-order valence-electron chi connectivity index (χ0n) is 19.2. The van der Waals surface area contributed by atoms with Crippen LogP contribution in [0.4, 0.5) is 0 Å². The molecule has 3 amide bonds. The van der Waals surface area contributed by atoms with Gasteiger partial charge in [-0.05, 0) is 37.1 Å². The normalized spacial score (nSPS) is 13.2. The Kier molecular flexibility index (Phi) is 10.5. The molecule has 0 unspecified atom stereocenters. The summed E-state index contributed by atoms with van der Waals surface area (Å²) in [6.45, 7) is 1.84. The molecule has 0 aromatic heterocycles. The van der Waals surface area contributed by atoms with Gasteiger partial charge in [-0.2, -0.15) is 0 Å². The smallest absolute Gasteiger partial charge is 0.326 e. The lowest BCUT2D eigenvalue weighted by atomic mass is 10.0. The first kappa shape index (κ1) is 27.6. The summed E-state index contributed by atoms with van der Waals surface area (Å²) < 4.78 is 5.58. The lowest BCUT2D eigenvalue weighted by Gasteiger charge is -2.22. The van der Waals surface area contributed by atoms with Crippen molar-refractivity contribution in [3.8, 4) is 5.75 Å². The number of carbonyl (C=O) groups excluding carboxylic acids is 3. The summed E-state index contributed by atoms with van der Waals surface area (Å²) in [5.41, 5.74) is 11.7. The Labute approximate surface area is 208 Å². The number of carboxylic acid groups (broad SMARTS) is 1. The van der Waals surface area contributed by atoms with Crippen LogP contribution in [0, 0.1) is 0 Å². The van der Waals surface area contributed by atoms with Gasteiger partial charge < -0.3 is 31.9 Å². The van der Waals surface area contributed by atoms with Crippen molar-refractivity contribution in [2.45, 2.75) is 44.3 Å². The van der Waals surface area contributed by atoms with Crippen LogP contribution in [-0.4, -0.2) is 53.5 Å². The van der Waals surface area contributed by atoms with Gasteiger partial charge in [-0.25, -0.2) is 4.79 Å². The van der Waals surface area contributed by atoms with E-state index in [1.165, 1.54) is 18.2 Å². The monoisotopic (exact) mass is 504 g/mol. The summed E-state index contributed by atoms with van der Waals surface area (Å²) in [5, 5.41) is 14.9. The molecule has 11 heteroatoms. The van der Waals surface area contributed by atoms with E-state index in [2.05, 4.69) is 10.6 Å². The summed E-state index contributed by atoms with van der Waals surface area (Å²) in [6, 6.07) is 10.3. The standard InChI is InChI=1S/C24H29ClN4O6/c1-14(26)13-35-20-12-16(25)7-8-17(20)22(31)28-18(9-10-21(27)30)23(32)29-19(24(33)34)11-15-5-3-2-4-6-15/h2-8,12,14,18-19H,9-11,13,26H2,1H3,(H2,27,30)(H,28,31)(H,29,32)(H,33,34)/t14-,18+,19+/m1/s1. The number of nitrogens with one attached hydrogen (secondary N) is 2. The van der Waals surface area contributed by atoms with Crippen molar-refractivity contribution in [3.05, 3.63) is 64.7 Å². The van der Waals surface area contributed by atoms with Gasteiger partial charge in [-0.1, -0.05) is 41.9 Å². The molecular formula is C24H29ClN4O6. The van der Waals surface area contributed by atoms with E-state index in [4.69, 9.17) is 27.8 Å². The van der Waals surface area contributed by atoms with Crippen molar-refractivity contribution in [2.24, 2.45) is 11.5 Å². The van der Waals surface area contributed by atoms with Gasteiger partial charge in [0.25, 0.3) is 5.91 Å². The third-order valence-corrected chi connectivity index (χ3v) is 5.12. The number of primary amides is 1. The highest BCUT2D eigenvalue weighted by Crippen LogP contribution is 2.24. The van der Waals surface area contributed by atoms with Gasteiger partial charge in [0.2, 0.25) is 11.8 Å². The number of amides is 3. The molecule has 0 aliphatic rings. The zero-order valence-corrected chi connectivity index (χ0v) is 20.0. The lowest BCUT2D eigenvalue weighted by molar-refractivity contribution is -0.142. The third kappa shape index (κ3) is 9.26. The van der Waals surface area contributed by atoms with Crippen molar-refractivity contribution >= 4 is 35.3 Å². The molecule has 0 saturated carbocycles. The molecule has 0 radical (unpaired) electrons. The molecule has 188 valence electrons. The largest absolute Gasteiger partial charge is 0.491 e. The van der Waals surface area contributed by atoms with Gasteiger partial charge in [0.1, 0.15) is 24.4 Å². The Bertz CT molecular complexity index is 1050. The molecule has 3 atom stereocenters. The number of carboxylic acids is 1. The first-order valence-electron chi connectivity index (χ1n) is 10.9. The highest BCUT2D eigenvalue weighted by Gasteiger charge is 2.28. The van der Waals surface area contributed by atoms with Crippen LogP contribution >= 0.6 is 11.6 Å². The number of halogens is 1. The van der Waals surface area contributed by atoms with E-state index < -0.39 is 35.8 Å². The fourth-order valence-electron chi connectivity index (χ4n) is 3.14. The van der Waals surface area contributed by atoms with E-state index in [0.717, 1.165) is 0 Å². The first-order chi connectivity index (χ1) is 16.6. The zero-order chi connectivity index (χ0) is 26.0. The molecule has 2 rings (SSSR count). The van der Waals surface area contributed by atoms with Crippen LogP contribution < -0.4 is 26.8 Å². The van der Waals surface area contributed by atoms with Gasteiger partial charge in [0, 0.05) is 23.9 Å². The van der Waals surface area contributed by atoms with Crippen molar-refractivity contribution < 1.29 is 29.0 Å². The van der Waals surface area contributed by atoms with Crippen LogP contribution in [0.25, 0.3) is 0 Å². The van der Waals surface area contributed by atoms with Gasteiger partial charge >= 0.3 is 5.97 Å². The minimum Gasteiger partial charge on any atom is -0.491 e. The molecule has 7 N–H and O–H groups in total. The third-order valence-electron chi connectivity index (χ3n) is 4.89. The summed E-state index contributed by atoms with van der Waals surface area (Å²) in [4.78, 5) is 49.1. The Morgan fingerprint density at radius 1 is 1.06 bits per heavy atom. The van der Waals surface area contributed by atoms with Crippen molar-refractivity contribution in [1.82, 2.24) is 10.6 Å². The summed E-state index contributed by atoms with van der Waals surface area (Å²) in [5.74, 6) is -3.21. The number of rotatable bonds is 13. The Hall–Kier alpha value is -3.63. The SMILES string of the molecule is C[C@@H](N)COc1cc(Cl)ccc1C(=O)N[C@@H](CCC(N)=O)C(=O)N[C@@H](Cc1ccccc1)C(=O)O. The van der Waals surface area contributed by atoms with Crippen LogP contribution in [0.3, 0.4) is 0 Å². The minimum atomic E-state index is -1.25. The van der Waals surface area contributed by atoms with E-state index in [1.807, 2.05) is 0 Å². The minimum absolute atomic E-state index is 0.0326. The predicted octanol–water partition coefficient (Wildman–Crippen LogP) is 1.24. The number of benzene rings is 2. The second kappa shape index (κ2) is 13.3. The molecule has 0 fully saturated rings. The van der Waals surface area contributed by atoms with E-state index in [1.54, 1.807) is 37.3 Å². The number of hydrogen-bond donors (Lipinski definition) is 5. The fourth-order valence-corrected chi connectivity index (χ4v) is 3.30. The number of nitrogens with two attached hydrogens (primary N) is 2. The Morgan fingerprint density at radius 3 is 2.34 bits per heavy atom. The van der Waals surface area contributed by atoms with E-state index in [9.17, 15) is 24.3 Å². The molecule has 0 bridgehead atoms. The van der Waals surface area contributed by atoms with E-state index in [0.29, 0.717) is 10.6 Å². The predicted molar refractivity (Wildman–Crippen MR) is 130 cm³/mol. The Balaban J connectivity index is 2.21. The van der Waals surface area contributed by atoms with Crippen molar-refractivity contribution in [1.29, 1.82) is 0 Å². The number of ether oxygens (including phenoxy) is 1. The fraction of sp³-hybridized carbons (Fsp3) is 0.333. The van der Waals surface area contributed by atoms with E-state index in [-0.39, 0.29) is 43.2 Å². The highest BCUT2D eigenvalue weighted by molar-refractivity contribution is 6.30. The number of aliphatic carboxylic acids is 1. The summed E-state index contributed by atoms with van der Waals surface area (Å²) >= 11 is 6.02. The molecule has 0 heterocycles. The lowest BCUT2D eigenvalue weighted by Crippen LogP contribution is -2.52. The molecular weight excluding hydrogens is 476 g/mol. The molecule has 10 nitrogen and oxygen atoms in total. The topological polar surface area (TPSA) is 174 Å². The quantitative estimate of drug-likeness (QED) is 0.272. The van der Waals surface area contributed by atoms with Gasteiger partial charge in [0.15, 0.2) is 0 Å². The molecule has 35 heavy (non-hydrogen) atoms. The maximum Gasteiger partial charge on any atom is 0.326 e. The molecule has 0 aliphatic carbocycles. The summed E-state index contributed by atoms with van der Waals surface area (Å²) in [7, 11) is 0. The first-order valence-corrected chi connectivity index (χ1v) is 11.3. The maximum absolute atomic E-state index is 13.0. The van der Waals surface area contributed by atoms with Crippen LogP contribution in [0.5, 0.6) is 5.75 Å². The average molecular weight is 505 g/mol. The van der Waals surface area contributed by atoms with Crippen molar-refractivity contribution in [3.63, 3.8) is 0 Å². The second-order valence-electron chi connectivity index (χ2n) is 8.05. The Morgan fingerprint density at radius 2 is 1.74 bits per heavy atom.